The van der Waals surface area contributed by atoms with Gasteiger partial charge in [-0.05, 0) is 12.2 Å². The molecule has 7 atom stereocenters. The third-order valence-electron chi connectivity index (χ3n) is 4.67. The summed E-state index contributed by atoms with van der Waals surface area (Å²) in [7, 11) is 0. The predicted molar refractivity (Wildman–Crippen MR) is 111 cm³/mol. The van der Waals surface area contributed by atoms with Gasteiger partial charge in [-0.1, -0.05) is 0 Å². The summed E-state index contributed by atoms with van der Waals surface area (Å²) in [6.07, 6.45) is -3.34. The van der Waals surface area contributed by atoms with Crippen molar-refractivity contribution in [3.05, 3.63) is 0 Å². The van der Waals surface area contributed by atoms with E-state index in [0.29, 0.717) is 18.7 Å². The SMILES string of the molecule is CC(=O)O[C@@H]1[C@@H](OC(C)=O)[C@H](S[C@@H]2CC(=NC(N)=S)[C@@H]3OC[C@H]2O3)OC[C@@H]1OC(C)=O. The Kier molecular flexibility index (Phi) is 7.86. The molecule has 0 aromatic carbocycles. The Morgan fingerprint density at radius 3 is 2.29 bits per heavy atom. The maximum atomic E-state index is 11.8. The lowest BCUT2D eigenvalue weighted by molar-refractivity contribution is -0.213. The summed E-state index contributed by atoms with van der Waals surface area (Å²) in [5, 5.41) is -0.208. The molecular formula is C18H24N2O9S2. The monoisotopic (exact) mass is 476 g/mol. The van der Waals surface area contributed by atoms with Crippen molar-refractivity contribution in [2.45, 2.75) is 68.6 Å². The van der Waals surface area contributed by atoms with Crippen LogP contribution in [0.4, 0.5) is 0 Å². The molecule has 3 aliphatic rings. The normalized spacial score (nSPS) is 36.0. The van der Waals surface area contributed by atoms with E-state index < -0.39 is 47.9 Å². The van der Waals surface area contributed by atoms with Gasteiger partial charge in [0.25, 0.3) is 0 Å². The first-order chi connectivity index (χ1) is 14.6. The smallest absolute Gasteiger partial charge is 0.303 e. The van der Waals surface area contributed by atoms with Crippen LogP contribution in [0.3, 0.4) is 0 Å². The third kappa shape index (κ3) is 6.13. The van der Waals surface area contributed by atoms with Crippen LogP contribution < -0.4 is 5.73 Å². The number of carbonyl (C=O) groups is 3. The number of nitrogens with two attached hydrogens (primary N) is 1. The summed E-state index contributed by atoms with van der Waals surface area (Å²) >= 11 is 6.19. The number of carbonyl (C=O) groups excluding carboxylic acids is 3. The van der Waals surface area contributed by atoms with E-state index in [1.54, 1.807) is 0 Å². The van der Waals surface area contributed by atoms with Gasteiger partial charge in [-0.3, -0.25) is 14.4 Å². The molecule has 3 fully saturated rings. The largest absolute Gasteiger partial charge is 0.456 e. The topological polar surface area (TPSA) is 145 Å². The second-order valence-electron chi connectivity index (χ2n) is 7.16. The van der Waals surface area contributed by atoms with Gasteiger partial charge in [0.1, 0.15) is 5.44 Å². The lowest BCUT2D eigenvalue weighted by Gasteiger charge is -2.42. The van der Waals surface area contributed by atoms with Crippen LogP contribution in [0.5, 0.6) is 0 Å². The van der Waals surface area contributed by atoms with E-state index in [9.17, 15) is 14.4 Å². The molecule has 0 amide bonds. The highest BCUT2D eigenvalue weighted by atomic mass is 32.2. The number of hydrogen-bond donors (Lipinski definition) is 1. The van der Waals surface area contributed by atoms with Gasteiger partial charge >= 0.3 is 17.9 Å². The third-order valence-corrected chi connectivity index (χ3v) is 6.26. The summed E-state index contributed by atoms with van der Waals surface area (Å²) in [6.45, 7) is 3.97. The van der Waals surface area contributed by atoms with E-state index in [0.717, 1.165) is 0 Å². The number of thiocarbonyl (C=S) groups is 1. The number of rotatable bonds is 5. The minimum Gasteiger partial charge on any atom is -0.456 e. The fraction of sp³-hybridized carbons (Fsp3) is 0.722. The van der Waals surface area contributed by atoms with Gasteiger partial charge in [0, 0.05) is 32.4 Å². The molecule has 0 radical (unpaired) electrons. The minimum atomic E-state index is -1.03. The Bertz CT molecular complexity index is 777. The van der Waals surface area contributed by atoms with Crippen LogP contribution in [-0.4, -0.2) is 83.3 Å². The Balaban J connectivity index is 1.81. The van der Waals surface area contributed by atoms with Crippen LogP contribution >= 0.6 is 24.0 Å². The first kappa shape index (κ1) is 23.9. The van der Waals surface area contributed by atoms with E-state index in [4.69, 9.17) is 46.4 Å². The Hall–Kier alpha value is -1.80. The molecule has 13 heteroatoms. The molecular weight excluding hydrogens is 452 g/mol. The van der Waals surface area contributed by atoms with Gasteiger partial charge in [-0.2, -0.15) is 0 Å². The minimum absolute atomic E-state index is 0.0258. The number of ether oxygens (including phenoxy) is 6. The van der Waals surface area contributed by atoms with Crippen LogP contribution in [0.25, 0.3) is 0 Å². The molecule has 11 nitrogen and oxygen atoms in total. The lowest BCUT2D eigenvalue weighted by Crippen LogP contribution is -2.57. The van der Waals surface area contributed by atoms with E-state index in [1.807, 2.05) is 0 Å². The van der Waals surface area contributed by atoms with Crippen LogP contribution in [0.15, 0.2) is 4.99 Å². The van der Waals surface area contributed by atoms with E-state index in [1.165, 1.54) is 32.5 Å². The summed E-state index contributed by atoms with van der Waals surface area (Å²) in [6, 6.07) is 0. The summed E-state index contributed by atoms with van der Waals surface area (Å²) in [5.74, 6) is -1.78. The van der Waals surface area contributed by atoms with E-state index in [-0.39, 0.29) is 23.1 Å². The molecule has 3 aliphatic heterocycles. The van der Waals surface area contributed by atoms with Crippen molar-refractivity contribution in [3.8, 4) is 0 Å². The Morgan fingerprint density at radius 1 is 1.03 bits per heavy atom. The molecule has 0 spiro atoms. The first-order valence-corrected chi connectivity index (χ1v) is 10.9. The fourth-order valence-electron chi connectivity index (χ4n) is 3.60. The average molecular weight is 477 g/mol. The second-order valence-corrected chi connectivity index (χ2v) is 8.92. The zero-order valence-corrected chi connectivity index (χ0v) is 18.8. The van der Waals surface area contributed by atoms with Crippen molar-refractivity contribution in [2.24, 2.45) is 10.7 Å². The van der Waals surface area contributed by atoms with Gasteiger partial charge in [-0.15, -0.1) is 11.8 Å². The first-order valence-electron chi connectivity index (χ1n) is 9.56. The van der Waals surface area contributed by atoms with Gasteiger partial charge in [0.05, 0.1) is 25.0 Å². The van der Waals surface area contributed by atoms with Crippen LogP contribution in [0.2, 0.25) is 0 Å². The molecule has 0 unspecified atom stereocenters. The van der Waals surface area contributed by atoms with Crippen LogP contribution in [0, 0.1) is 0 Å². The molecule has 2 bridgehead atoms. The molecule has 3 saturated heterocycles. The molecule has 172 valence electrons. The Morgan fingerprint density at radius 2 is 1.68 bits per heavy atom. The van der Waals surface area contributed by atoms with Gasteiger partial charge in [0.15, 0.2) is 29.7 Å². The standard InChI is InChI=1S/C18H24N2O9S2/c1-7(21)26-12-6-25-17(15(28-9(3)23)14(12)27-8(2)22)31-13-4-10(20-18(19)30)16-24-5-11(13)29-16/h11-17H,4-6H2,1-3H3,(H2,19,30)/t11-,12+,13-,14+,15-,16-,17+/m1/s1. The van der Waals surface area contributed by atoms with Crippen LogP contribution in [0.1, 0.15) is 27.2 Å². The highest BCUT2D eigenvalue weighted by molar-refractivity contribution is 8.00. The quantitative estimate of drug-likeness (QED) is 0.325. The van der Waals surface area contributed by atoms with Gasteiger partial charge in [0.2, 0.25) is 0 Å². The maximum absolute atomic E-state index is 11.8. The van der Waals surface area contributed by atoms with Crippen molar-refractivity contribution in [1.29, 1.82) is 0 Å². The fourth-order valence-corrected chi connectivity index (χ4v) is 5.17. The molecule has 0 aliphatic carbocycles. The van der Waals surface area contributed by atoms with E-state index >= 15 is 0 Å². The van der Waals surface area contributed by atoms with Crippen molar-refractivity contribution in [3.63, 3.8) is 0 Å². The van der Waals surface area contributed by atoms with Crippen molar-refractivity contribution in [2.75, 3.05) is 13.2 Å². The molecule has 2 N–H and O–H groups in total. The lowest BCUT2D eigenvalue weighted by atomic mass is 10.1. The number of hydrogen-bond acceptors (Lipinski definition) is 11. The molecule has 0 aromatic rings. The van der Waals surface area contributed by atoms with Crippen molar-refractivity contribution >= 4 is 52.7 Å². The zero-order chi connectivity index (χ0) is 22.7. The highest BCUT2D eigenvalue weighted by Crippen LogP contribution is 2.39. The van der Waals surface area contributed by atoms with Gasteiger partial charge in [-0.25, -0.2) is 4.99 Å². The zero-order valence-electron chi connectivity index (χ0n) is 17.2. The Labute approximate surface area is 188 Å². The second kappa shape index (κ2) is 10.2. The maximum Gasteiger partial charge on any atom is 0.303 e. The molecule has 0 aromatic heterocycles. The highest BCUT2D eigenvalue weighted by Gasteiger charge is 2.50. The van der Waals surface area contributed by atoms with E-state index in [2.05, 4.69) is 4.99 Å². The molecule has 31 heavy (non-hydrogen) atoms. The summed E-state index contributed by atoms with van der Waals surface area (Å²) in [5.41, 5.74) is 5.37. The summed E-state index contributed by atoms with van der Waals surface area (Å²) < 4.78 is 33.4. The number of nitrogens with zero attached hydrogens (tertiary/aromatic N) is 1. The number of esters is 3. The molecule has 3 heterocycles. The molecule has 3 rings (SSSR count). The number of aliphatic imine (C=N–C) groups is 1. The average Bonchev–Trinajstić information content (AvgIpc) is 3.07. The number of fused-ring (bicyclic) bond motifs is 2. The van der Waals surface area contributed by atoms with Crippen LogP contribution in [-0.2, 0) is 42.8 Å². The predicted octanol–water partition coefficient (Wildman–Crippen LogP) is 0.0694. The summed E-state index contributed by atoms with van der Waals surface area (Å²) in [4.78, 5) is 39.1. The van der Waals surface area contributed by atoms with Crippen molar-refractivity contribution < 1.29 is 42.8 Å². The number of thioether (sulfide) groups is 1. The molecule has 0 saturated carbocycles. The van der Waals surface area contributed by atoms with Crippen molar-refractivity contribution in [1.82, 2.24) is 0 Å². The van der Waals surface area contributed by atoms with Gasteiger partial charge < -0.3 is 34.2 Å².